The largest absolute Gasteiger partial charge is 0.369 e. The van der Waals surface area contributed by atoms with Crippen molar-refractivity contribution in [1.82, 2.24) is 9.78 Å². The van der Waals surface area contributed by atoms with Crippen molar-refractivity contribution in [2.24, 2.45) is 5.73 Å². The highest BCUT2D eigenvalue weighted by molar-refractivity contribution is 9.10. The van der Waals surface area contributed by atoms with Crippen LogP contribution in [0.5, 0.6) is 0 Å². The minimum Gasteiger partial charge on any atom is -0.369 e. The van der Waals surface area contributed by atoms with Gasteiger partial charge in [0.05, 0.1) is 17.1 Å². The highest BCUT2D eigenvalue weighted by Crippen LogP contribution is 2.18. The van der Waals surface area contributed by atoms with Gasteiger partial charge in [-0.25, -0.2) is 9.07 Å². The number of amides is 2. The van der Waals surface area contributed by atoms with Crippen molar-refractivity contribution in [1.29, 1.82) is 0 Å². The number of carbonyl (C=O) groups excluding carboxylic acids is 2. The topological polar surface area (TPSA) is 90.0 Å². The van der Waals surface area contributed by atoms with Crippen LogP contribution in [0.2, 0.25) is 0 Å². The third-order valence-electron chi connectivity index (χ3n) is 3.80. The van der Waals surface area contributed by atoms with Crippen molar-refractivity contribution >= 4 is 39.5 Å². The molecule has 0 spiro atoms. The van der Waals surface area contributed by atoms with Crippen molar-refractivity contribution < 1.29 is 14.0 Å². The summed E-state index contributed by atoms with van der Waals surface area (Å²) in [4.78, 5) is 22.9. The number of nitrogens with one attached hydrogen (secondary N) is 1. The Hall–Kier alpha value is -3.26. The highest BCUT2D eigenvalue weighted by Gasteiger charge is 2.07. The van der Waals surface area contributed by atoms with Gasteiger partial charge >= 0.3 is 0 Å². The van der Waals surface area contributed by atoms with E-state index in [4.69, 9.17) is 5.73 Å². The molecule has 8 heteroatoms. The molecule has 0 saturated heterocycles. The summed E-state index contributed by atoms with van der Waals surface area (Å²) in [5.74, 6) is -1.23. The lowest BCUT2D eigenvalue weighted by Crippen LogP contribution is -2.13. The Morgan fingerprint density at radius 2 is 1.96 bits per heavy atom. The zero-order valence-corrected chi connectivity index (χ0v) is 16.2. The molecule has 0 bridgehead atoms. The molecule has 0 unspecified atom stereocenters. The Morgan fingerprint density at radius 1 is 1.21 bits per heavy atom. The van der Waals surface area contributed by atoms with E-state index < -0.39 is 11.7 Å². The van der Waals surface area contributed by atoms with Crippen molar-refractivity contribution in [3.8, 4) is 5.69 Å². The molecule has 6 nitrogen and oxygen atoms in total. The van der Waals surface area contributed by atoms with Crippen LogP contribution in [0.25, 0.3) is 11.8 Å². The van der Waals surface area contributed by atoms with Gasteiger partial charge in [-0.15, -0.1) is 0 Å². The lowest BCUT2D eigenvalue weighted by Gasteiger charge is -2.05. The van der Waals surface area contributed by atoms with Gasteiger partial charge in [-0.3, -0.25) is 9.59 Å². The van der Waals surface area contributed by atoms with E-state index in [0.717, 1.165) is 10.0 Å². The van der Waals surface area contributed by atoms with Gasteiger partial charge in [0.1, 0.15) is 11.5 Å². The zero-order valence-electron chi connectivity index (χ0n) is 14.6. The Labute approximate surface area is 169 Å². The third-order valence-corrected chi connectivity index (χ3v) is 4.21. The lowest BCUT2D eigenvalue weighted by molar-refractivity contribution is -0.117. The van der Waals surface area contributed by atoms with Gasteiger partial charge in [-0.2, -0.15) is 5.10 Å². The molecule has 0 radical (unpaired) electrons. The molecule has 28 heavy (non-hydrogen) atoms. The summed E-state index contributed by atoms with van der Waals surface area (Å²) in [5.41, 5.74) is 7.33. The number of carbonyl (C=O) groups is 2. The molecule has 0 fully saturated rings. The first kappa shape index (κ1) is 19.5. The molecule has 3 rings (SSSR count). The van der Waals surface area contributed by atoms with Gasteiger partial charge in [0.15, 0.2) is 0 Å². The van der Waals surface area contributed by atoms with Crippen molar-refractivity contribution in [2.75, 3.05) is 5.32 Å². The first-order valence-corrected chi connectivity index (χ1v) is 9.06. The van der Waals surface area contributed by atoms with Gasteiger partial charge in [0.25, 0.3) is 0 Å². The number of rotatable bonds is 6. The van der Waals surface area contributed by atoms with Crippen LogP contribution in [0.4, 0.5) is 10.1 Å². The second-order valence-electron chi connectivity index (χ2n) is 5.98. The molecule has 0 aliphatic heterocycles. The fourth-order valence-corrected chi connectivity index (χ4v) is 2.79. The average Bonchev–Trinajstić information content (AvgIpc) is 3.07. The summed E-state index contributed by atoms with van der Waals surface area (Å²) in [7, 11) is 0. The highest BCUT2D eigenvalue weighted by atomic mass is 79.9. The summed E-state index contributed by atoms with van der Waals surface area (Å²) in [6, 6.07) is 11.4. The van der Waals surface area contributed by atoms with Crippen LogP contribution in [0.1, 0.15) is 11.1 Å². The van der Waals surface area contributed by atoms with E-state index in [1.165, 1.54) is 22.9 Å². The molecule has 2 amide bonds. The Balaban J connectivity index is 1.64. The normalized spacial score (nSPS) is 10.9. The maximum Gasteiger partial charge on any atom is 0.248 e. The monoisotopic (exact) mass is 442 g/mol. The van der Waals surface area contributed by atoms with E-state index in [9.17, 15) is 14.0 Å². The zero-order chi connectivity index (χ0) is 20.1. The van der Waals surface area contributed by atoms with Gasteiger partial charge < -0.3 is 11.1 Å². The number of nitrogens with two attached hydrogens (primary N) is 1. The molecule has 142 valence electrons. The molecule has 1 aromatic heterocycles. The number of hydrogen-bond acceptors (Lipinski definition) is 3. The number of benzene rings is 2. The molecule has 0 aliphatic carbocycles. The molecule has 0 atom stereocenters. The van der Waals surface area contributed by atoms with Crippen LogP contribution in [0.3, 0.4) is 0 Å². The van der Waals surface area contributed by atoms with Crippen LogP contribution < -0.4 is 11.1 Å². The number of halogens is 2. The second-order valence-corrected chi connectivity index (χ2v) is 6.89. The van der Waals surface area contributed by atoms with Crippen molar-refractivity contribution in [3.05, 3.63) is 82.4 Å². The van der Waals surface area contributed by atoms with Gasteiger partial charge in [-0.1, -0.05) is 18.2 Å². The predicted molar refractivity (Wildman–Crippen MR) is 108 cm³/mol. The fraction of sp³-hybridized carbons (Fsp3) is 0.0500. The molecule has 2 aromatic carbocycles. The standard InChI is InChI=1S/C20H16BrFN4O2/c21-15-11-24-26(12-15)18-7-3-13(9-17(18)22)4-8-20(28)25-16-5-1-14(2-6-16)10-19(23)27/h1-9,11-12H,10H2,(H2,23,27)(H,25,28)/b8-4+. The predicted octanol–water partition coefficient (Wildman–Crippen LogP) is 3.45. The van der Waals surface area contributed by atoms with E-state index >= 15 is 0 Å². The smallest absolute Gasteiger partial charge is 0.248 e. The molecule has 3 N–H and O–H groups in total. The van der Waals surface area contributed by atoms with Crippen LogP contribution in [0, 0.1) is 5.82 Å². The van der Waals surface area contributed by atoms with E-state index in [1.807, 2.05) is 0 Å². The maximum absolute atomic E-state index is 14.3. The Bertz CT molecular complexity index is 1040. The van der Waals surface area contributed by atoms with Gasteiger partial charge in [0.2, 0.25) is 11.8 Å². The Morgan fingerprint density at radius 3 is 2.57 bits per heavy atom. The molecule has 3 aromatic rings. The summed E-state index contributed by atoms with van der Waals surface area (Å²) in [6.45, 7) is 0. The van der Waals surface area contributed by atoms with E-state index in [2.05, 4.69) is 26.3 Å². The van der Waals surface area contributed by atoms with Crippen LogP contribution in [-0.4, -0.2) is 21.6 Å². The average molecular weight is 443 g/mol. The molecule has 0 aliphatic rings. The second kappa shape index (κ2) is 8.62. The third kappa shape index (κ3) is 5.14. The Kier molecular flexibility index (Phi) is 6.00. The SMILES string of the molecule is NC(=O)Cc1ccc(NC(=O)/C=C/c2ccc(-n3cc(Br)cn3)c(F)c2)cc1. The van der Waals surface area contributed by atoms with Crippen LogP contribution in [0.15, 0.2) is 65.4 Å². The summed E-state index contributed by atoms with van der Waals surface area (Å²) < 4.78 is 16.5. The molecule has 0 saturated carbocycles. The lowest BCUT2D eigenvalue weighted by atomic mass is 10.1. The maximum atomic E-state index is 14.3. The number of nitrogens with zero attached hydrogens (tertiary/aromatic N) is 2. The van der Waals surface area contributed by atoms with Crippen LogP contribution >= 0.6 is 15.9 Å². The van der Waals surface area contributed by atoms with E-state index in [-0.39, 0.29) is 12.3 Å². The van der Waals surface area contributed by atoms with Gasteiger partial charge in [0, 0.05) is 18.0 Å². The summed E-state index contributed by atoms with van der Waals surface area (Å²) in [5, 5.41) is 6.73. The van der Waals surface area contributed by atoms with Gasteiger partial charge in [-0.05, 0) is 57.4 Å². The first-order valence-electron chi connectivity index (χ1n) is 8.27. The van der Waals surface area contributed by atoms with Crippen molar-refractivity contribution in [2.45, 2.75) is 6.42 Å². The number of aromatic nitrogens is 2. The van der Waals surface area contributed by atoms with E-state index in [0.29, 0.717) is 16.9 Å². The molecule has 1 heterocycles. The summed E-state index contributed by atoms with van der Waals surface area (Å²) >= 11 is 3.27. The molecular weight excluding hydrogens is 427 g/mol. The molecular formula is C20H16BrFN4O2. The quantitative estimate of drug-likeness (QED) is 0.572. The minimum atomic E-state index is -0.455. The number of primary amides is 1. The first-order chi connectivity index (χ1) is 13.4. The van der Waals surface area contributed by atoms with Crippen LogP contribution in [-0.2, 0) is 16.0 Å². The van der Waals surface area contributed by atoms with E-state index in [1.54, 1.807) is 48.8 Å². The van der Waals surface area contributed by atoms with Crippen molar-refractivity contribution in [3.63, 3.8) is 0 Å². The summed E-state index contributed by atoms with van der Waals surface area (Å²) in [6.07, 6.45) is 6.19. The fourth-order valence-electron chi connectivity index (χ4n) is 2.51. The number of hydrogen-bond donors (Lipinski definition) is 2. The minimum absolute atomic E-state index is 0.144. The number of anilines is 1.